The lowest BCUT2D eigenvalue weighted by atomic mass is 10.0. The number of nitrogens with one attached hydrogen (secondary N) is 2. The number of benzene rings is 4. The summed E-state index contributed by atoms with van der Waals surface area (Å²) < 4.78 is 0. The number of carboxylic acid groups (broad SMARTS) is 2. The number of hydrogen-bond acceptors (Lipinski definition) is 6. The van der Waals surface area contributed by atoms with Crippen LogP contribution >= 0.6 is 0 Å². The SMILES string of the molecule is CN(C(=O)O)[C@@H](C(=O)N1CCC[C@H]1c1nc2cc(-c3ccc4[nH]c([C@@H]5CCCN5C(=O)[C@@H](c5ccccc5)N(C)C(=O)O)nc4c3)ccc2[nH]1)c1ccccc1. The van der Waals surface area contributed by atoms with Crippen LogP contribution in [-0.4, -0.2) is 101 Å². The molecule has 14 heteroatoms. The molecule has 4 amide bonds. The standard InChI is InChI=1S/C42H42N8O6/c1-47(41(53)54)35(25-11-5-3-6-12-25)39(51)49-21-9-15-33(49)37-43-29-19-17-27(23-31(29)45-37)28-18-20-30-32(24-28)46-38(44-30)34-16-10-22-50(34)40(52)36(48(2)42(55)56)26-13-7-4-8-14-26/h3-8,11-14,17-20,23-24,33-36H,9-10,15-16,21-22H2,1-2H3,(H,43,45)(H,44,46)(H,53,54)(H,55,56)/t33-,34-,35+,36+/m0/s1. The molecule has 2 aliphatic rings. The minimum atomic E-state index is -1.18. The molecule has 4 heterocycles. The van der Waals surface area contributed by atoms with E-state index in [1.807, 2.05) is 48.5 Å². The molecule has 6 aromatic rings. The van der Waals surface area contributed by atoms with Gasteiger partial charge < -0.3 is 30.0 Å². The van der Waals surface area contributed by atoms with Gasteiger partial charge >= 0.3 is 12.2 Å². The van der Waals surface area contributed by atoms with E-state index in [0.29, 0.717) is 48.7 Å². The van der Waals surface area contributed by atoms with Crippen LogP contribution in [0.1, 0.15) is 72.6 Å². The van der Waals surface area contributed by atoms with Crippen LogP contribution in [0.4, 0.5) is 9.59 Å². The van der Waals surface area contributed by atoms with Gasteiger partial charge in [0, 0.05) is 27.2 Å². The predicted molar refractivity (Wildman–Crippen MR) is 208 cm³/mol. The highest BCUT2D eigenvalue weighted by Gasteiger charge is 2.40. The lowest BCUT2D eigenvalue weighted by Crippen LogP contribution is -2.43. The van der Waals surface area contributed by atoms with Crippen molar-refractivity contribution in [2.24, 2.45) is 0 Å². The molecule has 0 bridgehead atoms. The third-order valence-electron chi connectivity index (χ3n) is 11.1. The highest BCUT2D eigenvalue weighted by atomic mass is 16.4. The zero-order valence-corrected chi connectivity index (χ0v) is 31.0. The van der Waals surface area contributed by atoms with Gasteiger partial charge in [-0.25, -0.2) is 19.6 Å². The number of aromatic nitrogens is 4. The maximum atomic E-state index is 14.0. The first-order chi connectivity index (χ1) is 27.1. The van der Waals surface area contributed by atoms with Gasteiger partial charge in [0.15, 0.2) is 0 Å². The zero-order chi connectivity index (χ0) is 39.1. The number of nitrogens with zero attached hydrogens (tertiary/aromatic N) is 6. The Kier molecular flexibility index (Phi) is 9.62. The summed E-state index contributed by atoms with van der Waals surface area (Å²) in [5, 5.41) is 19.7. The summed E-state index contributed by atoms with van der Waals surface area (Å²) in [4.78, 5) is 74.5. The molecule has 0 spiro atoms. The van der Waals surface area contributed by atoms with Gasteiger partial charge in [0.25, 0.3) is 11.8 Å². The van der Waals surface area contributed by atoms with Crippen molar-refractivity contribution in [1.29, 1.82) is 0 Å². The Hall–Kier alpha value is -6.70. The van der Waals surface area contributed by atoms with Gasteiger partial charge in [-0.2, -0.15) is 0 Å². The van der Waals surface area contributed by atoms with E-state index in [4.69, 9.17) is 9.97 Å². The first-order valence-corrected chi connectivity index (χ1v) is 18.7. The van der Waals surface area contributed by atoms with Crippen LogP contribution in [0.15, 0.2) is 97.1 Å². The molecule has 4 aromatic carbocycles. The molecule has 0 saturated carbocycles. The van der Waals surface area contributed by atoms with E-state index in [2.05, 4.69) is 9.97 Å². The topological polar surface area (TPSA) is 179 Å². The van der Waals surface area contributed by atoms with Gasteiger partial charge in [0.2, 0.25) is 0 Å². The highest BCUT2D eigenvalue weighted by Crippen LogP contribution is 2.38. The molecule has 8 rings (SSSR count). The van der Waals surface area contributed by atoms with Crippen LogP contribution < -0.4 is 0 Å². The fourth-order valence-corrected chi connectivity index (χ4v) is 8.22. The number of likely N-dealkylation sites (N-methyl/N-ethyl adjacent to an activating group) is 2. The fraction of sp³-hybridized carbons (Fsp3) is 0.286. The number of imidazole rings is 2. The Labute approximate surface area is 322 Å². The summed E-state index contributed by atoms with van der Waals surface area (Å²) in [5.74, 6) is 0.732. The van der Waals surface area contributed by atoms with Crippen LogP contribution in [0.2, 0.25) is 0 Å². The number of carbonyl (C=O) groups excluding carboxylic acids is 2. The number of carbonyl (C=O) groups is 4. The summed E-state index contributed by atoms with van der Waals surface area (Å²) >= 11 is 0. The molecule has 4 N–H and O–H groups in total. The molecule has 2 saturated heterocycles. The molecule has 0 radical (unpaired) electrons. The number of aromatic amines is 2. The molecule has 14 nitrogen and oxygen atoms in total. The van der Waals surface area contributed by atoms with Crippen molar-refractivity contribution in [3.63, 3.8) is 0 Å². The van der Waals surface area contributed by atoms with E-state index < -0.39 is 24.3 Å². The molecule has 2 fully saturated rings. The zero-order valence-electron chi connectivity index (χ0n) is 31.0. The first-order valence-electron chi connectivity index (χ1n) is 18.7. The second kappa shape index (κ2) is 14.9. The lowest BCUT2D eigenvalue weighted by molar-refractivity contribution is -0.138. The number of amides is 4. The average molecular weight is 755 g/mol. The minimum Gasteiger partial charge on any atom is -0.465 e. The van der Waals surface area contributed by atoms with Gasteiger partial charge in [-0.05, 0) is 72.2 Å². The third-order valence-corrected chi connectivity index (χ3v) is 11.1. The van der Waals surface area contributed by atoms with Gasteiger partial charge in [-0.1, -0.05) is 72.8 Å². The van der Waals surface area contributed by atoms with E-state index in [9.17, 15) is 29.4 Å². The van der Waals surface area contributed by atoms with Crippen molar-refractivity contribution in [1.82, 2.24) is 39.5 Å². The third kappa shape index (κ3) is 6.67. The molecular weight excluding hydrogens is 713 g/mol. The number of H-pyrrole nitrogens is 2. The Morgan fingerprint density at radius 1 is 0.625 bits per heavy atom. The smallest absolute Gasteiger partial charge is 0.407 e. The molecule has 0 aliphatic carbocycles. The number of rotatable bonds is 9. The summed E-state index contributed by atoms with van der Waals surface area (Å²) in [5.41, 5.74) is 6.18. The summed E-state index contributed by atoms with van der Waals surface area (Å²) in [6.45, 7) is 0.988. The normalized spacial score (nSPS) is 18.0. The van der Waals surface area contributed by atoms with E-state index >= 15 is 0 Å². The van der Waals surface area contributed by atoms with Crippen molar-refractivity contribution in [2.45, 2.75) is 49.9 Å². The van der Waals surface area contributed by atoms with Gasteiger partial charge in [0.05, 0.1) is 34.2 Å². The van der Waals surface area contributed by atoms with Crippen LogP contribution in [0.25, 0.3) is 33.2 Å². The Bertz CT molecular complexity index is 2260. The number of hydrogen-bond donors (Lipinski definition) is 4. The molecule has 2 aromatic heterocycles. The lowest BCUT2D eigenvalue weighted by Gasteiger charge is -2.32. The fourth-order valence-electron chi connectivity index (χ4n) is 8.22. The number of likely N-dealkylation sites (tertiary alicyclic amines) is 2. The van der Waals surface area contributed by atoms with E-state index in [1.165, 1.54) is 14.1 Å². The molecule has 2 aliphatic heterocycles. The molecule has 286 valence electrons. The van der Waals surface area contributed by atoms with Crippen molar-refractivity contribution in [3.05, 3.63) is 120 Å². The number of fused-ring (bicyclic) bond motifs is 2. The summed E-state index contributed by atoms with van der Waals surface area (Å²) in [7, 11) is 2.84. The molecule has 0 unspecified atom stereocenters. The Morgan fingerprint density at radius 2 is 1.02 bits per heavy atom. The Morgan fingerprint density at radius 3 is 1.39 bits per heavy atom. The molecule has 56 heavy (non-hydrogen) atoms. The second-order valence-electron chi connectivity index (χ2n) is 14.5. The average Bonchev–Trinajstić information content (AvgIpc) is 4.03. The molecule has 4 atom stereocenters. The predicted octanol–water partition coefficient (Wildman–Crippen LogP) is 7.14. The van der Waals surface area contributed by atoms with E-state index in [0.717, 1.165) is 55.8 Å². The highest BCUT2D eigenvalue weighted by molar-refractivity contribution is 5.89. The largest absolute Gasteiger partial charge is 0.465 e. The van der Waals surface area contributed by atoms with Crippen molar-refractivity contribution < 1.29 is 29.4 Å². The Balaban J connectivity index is 1.04. The van der Waals surface area contributed by atoms with Crippen LogP contribution in [0.3, 0.4) is 0 Å². The van der Waals surface area contributed by atoms with Crippen LogP contribution in [0, 0.1) is 0 Å². The van der Waals surface area contributed by atoms with Gasteiger partial charge in [0.1, 0.15) is 23.7 Å². The van der Waals surface area contributed by atoms with Crippen LogP contribution in [-0.2, 0) is 9.59 Å². The monoisotopic (exact) mass is 754 g/mol. The minimum absolute atomic E-state index is 0.287. The summed E-state index contributed by atoms with van der Waals surface area (Å²) in [6.07, 6.45) is 0.559. The second-order valence-corrected chi connectivity index (χ2v) is 14.5. The van der Waals surface area contributed by atoms with Crippen molar-refractivity contribution in [3.8, 4) is 11.1 Å². The van der Waals surface area contributed by atoms with E-state index in [1.54, 1.807) is 58.3 Å². The van der Waals surface area contributed by atoms with Crippen molar-refractivity contribution in [2.75, 3.05) is 27.2 Å². The van der Waals surface area contributed by atoms with Crippen molar-refractivity contribution >= 4 is 46.1 Å². The van der Waals surface area contributed by atoms with Gasteiger partial charge in [-0.3, -0.25) is 19.4 Å². The maximum absolute atomic E-state index is 14.0. The first kappa shape index (κ1) is 36.3. The van der Waals surface area contributed by atoms with Crippen LogP contribution in [0.5, 0.6) is 0 Å². The molecular formula is C42H42N8O6. The van der Waals surface area contributed by atoms with E-state index in [-0.39, 0.29) is 23.9 Å². The van der Waals surface area contributed by atoms with Gasteiger partial charge in [-0.15, -0.1) is 0 Å². The quantitative estimate of drug-likeness (QED) is 0.120. The maximum Gasteiger partial charge on any atom is 0.407 e. The summed E-state index contributed by atoms with van der Waals surface area (Å²) in [6, 6.07) is 27.2.